The minimum absolute atomic E-state index is 0.00740. The molecule has 0 saturated carbocycles. The van der Waals surface area contributed by atoms with Crippen molar-refractivity contribution in [2.45, 2.75) is 53.0 Å². The maximum absolute atomic E-state index is 12.1. The molecular weight excluding hydrogens is 254 g/mol. The van der Waals surface area contributed by atoms with E-state index in [1.54, 1.807) is 0 Å². The molecule has 0 aromatic rings. The van der Waals surface area contributed by atoms with Crippen molar-refractivity contribution >= 4 is 11.8 Å². The van der Waals surface area contributed by atoms with Crippen molar-refractivity contribution in [3.63, 3.8) is 0 Å². The fourth-order valence-corrected chi connectivity index (χ4v) is 2.37. The normalized spacial score (nSPS) is 20.4. The molecule has 0 bridgehead atoms. The first-order chi connectivity index (χ1) is 9.23. The lowest BCUT2D eigenvalue weighted by molar-refractivity contribution is -0.133. The van der Waals surface area contributed by atoms with Gasteiger partial charge in [-0.05, 0) is 30.6 Å². The molecule has 5 heteroatoms. The number of hydrogen-bond acceptors (Lipinski definition) is 3. The molecule has 1 aliphatic rings. The summed E-state index contributed by atoms with van der Waals surface area (Å²) in [7, 11) is 0. The average molecular weight is 283 g/mol. The fraction of sp³-hybridized carbons (Fsp3) is 0.867. The van der Waals surface area contributed by atoms with Crippen molar-refractivity contribution in [2.75, 3.05) is 19.6 Å². The van der Waals surface area contributed by atoms with Crippen LogP contribution in [0.5, 0.6) is 0 Å². The van der Waals surface area contributed by atoms with E-state index in [-0.39, 0.29) is 24.3 Å². The Morgan fingerprint density at radius 3 is 2.50 bits per heavy atom. The Hall–Kier alpha value is -1.10. The molecule has 0 aliphatic carbocycles. The molecule has 2 amide bonds. The summed E-state index contributed by atoms with van der Waals surface area (Å²) in [6, 6.07) is -0.550. The zero-order valence-corrected chi connectivity index (χ0v) is 13.2. The van der Waals surface area contributed by atoms with Gasteiger partial charge in [0.2, 0.25) is 11.8 Å². The number of hydrogen-bond donors (Lipinski definition) is 2. The molecule has 1 atom stereocenters. The van der Waals surface area contributed by atoms with Crippen molar-refractivity contribution in [2.24, 2.45) is 17.1 Å². The molecule has 20 heavy (non-hydrogen) atoms. The maximum Gasteiger partial charge on any atom is 0.241 e. The van der Waals surface area contributed by atoms with Gasteiger partial charge in [-0.1, -0.05) is 27.7 Å². The highest BCUT2D eigenvalue weighted by molar-refractivity contribution is 5.87. The molecule has 3 N–H and O–H groups in total. The second-order valence-electron chi connectivity index (χ2n) is 6.89. The van der Waals surface area contributed by atoms with Gasteiger partial charge in [0.15, 0.2) is 0 Å². The van der Waals surface area contributed by atoms with E-state index in [0.29, 0.717) is 5.41 Å². The van der Waals surface area contributed by atoms with Crippen molar-refractivity contribution in [1.82, 2.24) is 10.2 Å². The topological polar surface area (TPSA) is 75.4 Å². The highest BCUT2D eigenvalue weighted by Crippen LogP contribution is 2.29. The van der Waals surface area contributed by atoms with Crippen molar-refractivity contribution in [3.8, 4) is 0 Å². The molecule has 0 aromatic heterocycles. The quantitative estimate of drug-likeness (QED) is 0.812. The largest absolute Gasteiger partial charge is 0.346 e. The van der Waals surface area contributed by atoms with Crippen molar-refractivity contribution < 1.29 is 9.59 Å². The Labute approximate surface area is 122 Å². The zero-order chi connectivity index (χ0) is 15.3. The van der Waals surface area contributed by atoms with Gasteiger partial charge in [0.1, 0.15) is 0 Å². The van der Waals surface area contributed by atoms with Crippen LogP contribution >= 0.6 is 0 Å². The summed E-state index contributed by atoms with van der Waals surface area (Å²) in [6.45, 7) is 9.88. The molecule has 5 nitrogen and oxygen atoms in total. The van der Waals surface area contributed by atoms with Gasteiger partial charge in [-0.15, -0.1) is 0 Å². The Morgan fingerprint density at radius 1 is 1.25 bits per heavy atom. The molecule has 0 unspecified atom stereocenters. The van der Waals surface area contributed by atoms with Crippen LogP contribution in [0.15, 0.2) is 0 Å². The standard InChI is InChI=1S/C15H29N3O2/c1-11(2)13(16)14(20)17-10-12(19)18-8-5-6-15(3,4)7-9-18/h11,13H,5-10,16H2,1-4H3,(H,17,20)/t13-/m0/s1. The van der Waals surface area contributed by atoms with Gasteiger partial charge in [0.05, 0.1) is 12.6 Å². The molecule has 0 radical (unpaired) electrons. The summed E-state index contributed by atoms with van der Waals surface area (Å²) in [5.74, 6) is -0.181. The third-order valence-corrected chi connectivity index (χ3v) is 4.13. The van der Waals surface area contributed by atoms with Gasteiger partial charge in [-0.25, -0.2) is 0 Å². The van der Waals surface area contributed by atoms with E-state index in [2.05, 4.69) is 19.2 Å². The predicted molar refractivity (Wildman–Crippen MR) is 80.0 cm³/mol. The van der Waals surface area contributed by atoms with Crippen LogP contribution in [-0.2, 0) is 9.59 Å². The van der Waals surface area contributed by atoms with Crippen LogP contribution in [0.2, 0.25) is 0 Å². The summed E-state index contributed by atoms with van der Waals surface area (Å²) in [5.41, 5.74) is 6.05. The highest BCUT2D eigenvalue weighted by atomic mass is 16.2. The van der Waals surface area contributed by atoms with Crippen molar-refractivity contribution in [3.05, 3.63) is 0 Å². The number of nitrogens with two attached hydrogens (primary N) is 1. The summed E-state index contributed by atoms with van der Waals surface area (Å²) in [5, 5.41) is 2.65. The summed E-state index contributed by atoms with van der Waals surface area (Å²) in [6.07, 6.45) is 3.18. The molecule has 1 heterocycles. The minimum atomic E-state index is -0.550. The lowest BCUT2D eigenvalue weighted by Crippen LogP contribution is -2.48. The summed E-state index contributed by atoms with van der Waals surface area (Å²) in [4.78, 5) is 25.7. The van der Waals surface area contributed by atoms with Crippen LogP contribution in [0.1, 0.15) is 47.0 Å². The van der Waals surface area contributed by atoms with Crippen LogP contribution in [0, 0.1) is 11.3 Å². The first kappa shape index (κ1) is 17.0. The van der Waals surface area contributed by atoms with Crippen LogP contribution in [-0.4, -0.2) is 42.4 Å². The van der Waals surface area contributed by atoms with Gasteiger partial charge >= 0.3 is 0 Å². The number of carbonyl (C=O) groups excluding carboxylic acids is 2. The molecule has 0 spiro atoms. The molecule has 116 valence electrons. The van der Waals surface area contributed by atoms with Crippen molar-refractivity contribution in [1.29, 1.82) is 0 Å². The Balaban J connectivity index is 2.41. The number of nitrogens with zero attached hydrogens (tertiary/aromatic N) is 1. The molecule has 1 rings (SSSR count). The average Bonchev–Trinajstić information content (AvgIpc) is 2.55. The van der Waals surface area contributed by atoms with Crippen LogP contribution in [0.25, 0.3) is 0 Å². The molecule has 1 saturated heterocycles. The van der Waals surface area contributed by atoms with Gasteiger partial charge in [0, 0.05) is 13.1 Å². The summed E-state index contributed by atoms with van der Waals surface area (Å²) >= 11 is 0. The Morgan fingerprint density at radius 2 is 1.90 bits per heavy atom. The number of nitrogens with one attached hydrogen (secondary N) is 1. The van der Waals surface area contributed by atoms with Gasteiger partial charge < -0.3 is 16.0 Å². The third kappa shape index (κ3) is 5.12. The summed E-state index contributed by atoms with van der Waals surface area (Å²) < 4.78 is 0. The van der Waals surface area contributed by atoms with Crippen LogP contribution in [0.4, 0.5) is 0 Å². The smallest absolute Gasteiger partial charge is 0.241 e. The van der Waals surface area contributed by atoms with Gasteiger partial charge in [-0.2, -0.15) is 0 Å². The van der Waals surface area contributed by atoms with E-state index in [1.807, 2.05) is 18.7 Å². The highest BCUT2D eigenvalue weighted by Gasteiger charge is 2.26. The monoisotopic (exact) mass is 283 g/mol. The number of amides is 2. The fourth-order valence-electron chi connectivity index (χ4n) is 2.37. The molecular formula is C15H29N3O2. The van der Waals surface area contributed by atoms with E-state index in [9.17, 15) is 9.59 Å². The molecule has 0 aromatic carbocycles. The lowest BCUT2D eigenvalue weighted by atomic mass is 9.85. The third-order valence-electron chi connectivity index (χ3n) is 4.13. The maximum atomic E-state index is 12.1. The molecule has 1 aliphatic heterocycles. The van der Waals surface area contributed by atoms with E-state index >= 15 is 0 Å². The van der Waals surface area contributed by atoms with Gasteiger partial charge in [0.25, 0.3) is 0 Å². The van der Waals surface area contributed by atoms with E-state index in [4.69, 9.17) is 5.73 Å². The van der Waals surface area contributed by atoms with Gasteiger partial charge in [-0.3, -0.25) is 9.59 Å². The number of rotatable bonds is 4. The SMILES string of the molecule is CC(C)[C@H](N)C(=O)NCC(=O)N1CCCC(C)(C)CC1. The van der Waals surface area contributed by atoms with E-state index < -0.39 is 6.04 Å². The Kier molecular flexibility index (Phi) is 5.99. The second kappa shape index (κ2) is 7.07. The first-order valence-corrected chi connectivity index (χ1v) is 7.54. The Bertz CT molecular complexity index is 353. The van der Waals surface area contributed by atoms with Crippen LogP contribution in [0.3, 0.4) is 0 Å². The number of likely N-dealkylation sites (tertiary alicyclic amines) is 1. The lowest BCUT2D eigenvalue weighted by Gasteiger charge is -2.24. The zero-order valence-electron chi connectivity index (χ0n) is 13.2. The first-order valence-electron chi connectivity index (χ1n) is 7.54. The predicted octanol–water partition coefficient (Wildman–Crippen LogP) is 1.12. The van der Waals surface area contributed by atoms with E-state index in [0.717, 1.165) is 32.4 Å². The molecule has 1 fully saturated rings. The second-order valence-corrected chi connectivity index (χ2v) is 6.89. The van der Waals surface area contributed by atoms with E-state index in [1.165, 1.54) is 0 Å². The van der Waals surface area contributed by atoms with Crippen LogP contribution < -0.4 is 11.1 Å². The number of carbonyl (C=O) groups is 2. The minimum Gasteiger partial charge on any atom is -0.346 e.